The Morgan fingerprint density at radius 3 is 2.56 bits per heavy atom. The van der Waals surface area contributed by atoms with Crippen molar-refractivity contribution in [2.24, 2.45) is 0 Å². The number of hydrogen-bond acceptors (Lipinski definition) is 4. The van der Waals surface area contributed by atoms with Gasteiger partial charge in [0.2, 0.25) is 5.78 Å². The van der Waals surface area contributed by atoms with Crippen LogP contribution in [0.4, 0.5) is 0 Å². The zero-order valence-electron chi connectivity index (χ0n) is 9.31. The van der Waals surface area contributed by atoms with Gasteiger partial charge in [0, 0.05) is 11.6 Å². The maximum atomic E-state index is 12.1. The van der Waals surface area contributed by atoms with Crippen LogP contribution in [0.1, 0.15) is 16.1 Å². The van der Waals surface area contributed by atoms with Gasteiger partial charge >= 0.3 is 0 Å². The maximum Gasteiger partial charge on any atom is 0.229 e. The van der Waals surface area contributed by atoms with Crippen LogP contribution >= 0.6 is 11.6 Å². The molecule has 3 rings (SSSR count). The molecule has 0 radical (unpaired) electrons. The SMILES string of the molecule is O=C(c1ccco1)c1cc2c(cc1Cl)OCCO2. The van der Waals surface area contributed by atoms with Crippen LogP contribution in [0.25, 0.3) is 0 Å². The minimum absolute atomic E-state index is 0.244. The fourth-order valence-electron chi connectivity index (χ4n) is 1.78. The first-order chi connectivity index (χ1) is 8.75. The van der Waals surface area contributed by atoms with E-state index in [4.69, 9.17) is 25.5 Å². The standard InChI is InChI=1S/C13H9ClO4/c14-9-7-12-11(17-4-5-18-12)6-8(9)13(15)10-2-1-3-16-10/h1-3,6-7H,4-5H2. The highest BCUT2D eigenvalue weighted by molar-refractivity contribution is 6.35. The quantitative estimate of drug-likeness (QED) is 0.783. The van der Waals surface area contributed by atoms with Crippen molar-refractivity contribution in [2.75, 3.05) is 13.2 Å². The normalized spacial score (nSPS) is 13.4. The van der Waals surface area contributed by atoms with E-state index in [0.717, 1.165) is 0 Å². The van der Waals surface area contributed by atoms with Crippen LogP contribution in [-0.4, -0.2) is 19.0 Å². The second-order valence-corrected chi connectivity index (χ2v) is 4.19. The summed E-state index contributed by atoms with van der Waals surface area (Å²) in [6, 6.07) is 6.42. The third kappa shape index (κ3) is 1.84. The van der Waals surface area contributed by atoms with E-state index >= 15 is 0 Å². The summed E-state index contributed by atoms with van der Waals surface area (Å²) in [7, 11) is 0. The fourth-order valence-corrected chi connectivity index (χ4v) is 2.02. The van der Waals surface area contributed by atoms with Gasteiger partial charge < -0.3 is 13.9 Å². The molecule has 1 aliphatic rings. The van der Waals surface area contributed by atoms with Gasteiger partial charge in [0.15, 0.2) is 17.3 Å². The average Bonchev–Trinajstić information content (AvgIpc) is 2.91. The monoisotopic (exact) mass is 264 g/mol. The van der Waals surface area contributed by atoms with Crippen molar-refractivity contribution in [2.45, 2.75) is 0 Å². The van der Waals surface area contributed by atoms with E-state index in [1.807, 2.05) is 0 Å². The lowest BCUT2D eigenvalue weighted by atomic mass is 10.1. The van der Waals surface area contributed by atoms with Gasteiger partial charge in [-0.15, -0.1) is 0 Å². The zero-order valence-corrected chi connectivity index (χ0v) is 10.1. The van der Waals surface area contributed by atoms with Gasteiger partial charge in [0.05, 0.1) is 11.3 Å². The van der Waals surface area contributed by atoms with Crippen molar-refractivity contribution in [1.82, 2.24) is 0 Å². The molecule has 0 aliphatic carbocycles. The molecule has 1 aliphatic heterocycles. The number of ether oxygens (including phenoxy) is 2. The van der Waals surface area contributed by atoms with E-state index in [9.17, 15) is 4.79 Å². The largest absolute Gasteiger partial charge is 0.486 e. The van der Waals surface area contributed by atoms with Crippen LogP contribution in [0.15, 0.2) is 34.9 Å². The number of ketones is 1. The van der Waals surface area contributed by atoms with Crippen molar-refractivity contribution in [3.05, 3.63) is 46.9 Å². The zero-order chi connectivity index (χ0) is 12.5. The molecule has 2 heterocycles. The third-order valence-electron chi connectivity index (χ3n) is 2.62. The first kappa shape index (κ1) is 11.2. The van der Waals surface area contributed by atoms with Crippen molar-refractivity contribution in [3.8, 4) is 11.5 Å². The topological polar surface area (TPSA) is 48.7 Å². The summed E-state index contributed by atoms with van der Waals surface area (Å²) < 4.78 is 15.9. The fraction of sp³-hybridized carbons (Fsp3) is 0.154. The van der Waals surface area contributed by atoms with Crippen molar-refractivity contribution >= 4 is 17.4 Å². The third-order valence-corrected chi connectivity index (χ3v) is 2.93. The number of fused-ring (bicyclic) bond motifs is 1. The summed E-state index contributed by atoms with van der Waals surface area (Å²) in [4.78, 5) is 12.1. The molecule has 1 aromatic carbocycles. The van der Waals surface area contributed by atoms with Crippen LogP contribution in [0, 0.1) is 0 Å². The van der Waals surface area contributed by atoms with Crippen LogP contribution in [-0.2, 0) is 0 Å². The number of benzene rings is 1. The second kappa shape index (κ2) is 4.38. The van der Waals surface area contributed by atoms with Gasteiger partial charge in [-0.3, -0.25) is 4.79 Å². The van der Waals surface area contributed by atoms with Gasteiger partial charge in [0.1, 0.15) is 13.2 Å². The van der Waals surface area contributed by atoms with Crippen molar-refractivity contribution in [3.63, 3.8) is 0 Å². The summed E-state index contributed by atoms with van der Waals surface area (Å²) in [6.45, 7) is 0.942. The smallest absolute Gasteiger partial charge is 0.229 e. The lowest BCUT2D eigenvalue weighted by molar-refractivity contribution is 0.101. The van der Waals surface area contributed by atoms with Gasteiger partial charge in [-0.2, -0.15) is 0 Å². The summed E-state index contributed by atoms with van der Waals surface area (Å²) in [5.41, 5.74) is 0.343. The highest BCUT2D eigenvalue weighted by Gasteiger charge is 2.21. The molecule has 0 N–H and O–H groups in total. The van der Waals surface area contributed by atoms with E-state index < -0.39 is 0 Å². The molecule has 2 aromatic rings. The summed E-state index contributed by atoms with van der Waals surface area (Å²) in [5.74, 6) is 1.05. The minimum atomic E-state index is -0.276. The molecule has 92 valence electrons. The van der Waals surface area contributed by atoms with Gasteiger partial charge in [0.25, 0.3) is 0 Å². The predicted octanol–water partition coefficient (Wildman–Crippen LogP) is 2.94. The maximum absolute atomic E-state index is 12.1. The molecule has 0 unspecified atom stereocenters. The lowest BCUT2D eigenvalue weighted by Gasteiger charge is -2.19. The molecule has 0 bridgehead atoms. The second-order valence-electron chi connectivity index (χ2n) is 3.78. The Balaban J connectivity index is 2.04. The van der Waals surface area contributed by atoms with Crippen molar-refractivity contribution < 1.29 is 18.7 Å². The van der Waals surface area contributed by atoms with E-state index in [2.05, 4.69) is 0 Å². The summed E-state index contributed by atoms with van der Waals surface area (Å²) in [5, 5.41) is 0.320. The number of furan rings is 1. The molecular formula is C13H9ClO4. The van der Waals surface area contributed by atoms with Gasteiger partial charge in [-0.05, 0) is 18.2 Å². The number of rotatable bonds is 2. The highest BCUT2D eigenvalue weighted by Crippen LogP contribution is 2.36. The molecule has 4 nitrogen and oxygen atoms in total. The van der Waals surface area contributed by atoms with Crippen LogP contribution in [0.5, 0.6) is 11.5 Å². The molecule has 0 fully saturated rings. The summed E-state index contributed by atoms with van der Waals surface area (Å²) in [6.07, 6.45) is 1.44. The molecule has 0 atom stereocenters. The molecule has 0 amide bonds. The number of hydrogen-bond donors (Lipinski definition) is 0. The predicted molar refractivity (Wildman–Crippen MR) is 64.6 cm³/mol. The molecule has 18 heavy (non-hydrogen) atoms. The van der Waals surface area contributed by atoms with Crippen LogP contribution < -0.4 is 9.47 Å². The van der Waals surface area contributed by atoms with Crippen LogP contribution in [0.2, 0.25) is 5.02 Å². The Labute approximate surface area is 108 Å². The Morgan fingerprint density at radius 2 is 1.89 bits per heavy atom. The average molecular weight is 265 g/mol. The summed E-state index contributed by atoms with van der Waals surface area (Å²) >= 11 is 6.07. The Morgan fingerprint density at radius 1 is 1.17 bits per heavy atom. The molecule has 5 heteroatoms. The van der Waals surface area contributed by atoms with Crippen molar-refractivity contribution in [1.29, 1.82) is 0 Å². The first-order valence-electron chi connectivity index (χ1n) is 5.43. The Hall–Kier alpha value is -1.94. The van der Waals surface area contributed by atoms with Crippen LogP contribution in [0.3, 0.4) is 0 Å². The first-order valence-corrected chi connectivity index (χ1v) is 5.81. The number of carbonyl (C=O) groups is 1. The molecular weight excluding hydrogens is 256 g/mol. The Kier molecular flexibility index (Phi) is 2.72. The van der Waals surface area contributed by atoms with E-state index in [1.54, 1.807) is 24.3 Å². The lowest BCUT2D eigenvalue weighted by Crippen LogP contribution is -2.16. The molecule has 0 saturated carbocycles. The molecule has 0 spiro atoms. The highest BCUT2D eigenvalue weighted by atomic mass is 35.5. The molecule has 1 aromatic heterocycles. The Bertz CT molecular complexity index is 589. The van der Waals surface area contributed by atoms with E-state index in [1.165, 1.54) is 6.26 Å². The van der Waals surface area contributed by atoms with E-state index in [0.29, 0.717) is 35.3 Å². The number of halogens is 1. The van der Waals surface area contributed by atoms with Gasteiger partial charge in [-0.25, -0.2) is 0 Å². The molecule has 0 saturated heterocycles. The minimum Gasteiger partial charge on any atom is -0.486 e. The van der Waals surface area contributed by atoms with E-state index in [-0.39, 0.29) is 11.5 Å². The van der Waals surface area contributed by atoms with Gasteiger partial charge in [-0.1, -0.05) is 11.6 Å². The number of carbonyl (C=O) groups excluding carboxylic acids is 1.